The Kier molecular flexibility index (Phi) is 6.76. The molecule has 0 saturated heterocycles. The van der Waals surface area contributed by atoms with Crippen LogP contribution in [0.3, 0.4) is 0 Å². The van der Waals surface area contributed by atoms with Crippen molar-refractivity contribution in [2.24, 2.45) is 11.7 Å². The van der Waals surface area contributed by atoms with Crippen LogP contribution < -0.4 is 15.2 Å². The fraction of sp³-hybridized carbons (Fsp3) is 0.600. The van der Waals surface area contributed by atoms with E-state index in [-0.39, 0.29) is 35.7 Å². The summed E-state index contributed by atoms with van der Waals surface area (Å²) in [7, 11) is -7.29. The Bertz CT molecular complexity index is 714. The highest BCUT2D eigenvalue weighted by Crippen LogP contribution is 2.27. The number of benzene rings is 1. The average molecular weight is 376 g/mol. The molecule has 9 heteroatoms. The van der Waals surface area contributed by atoms with E-state index in [2.05, 4.69) is 9.44 Å². The molecule has 0 spiro atoms. The highest BCUT2D eigenvalue weighted by Gasteiger charge is 2.27. The molecule has 0 heterocycles. The van der Waals surface area contributed by atoms with E-state index in [1.807, 2.05) is 0 Å². The first-order chi connectivity index (χ1) is 11.3. The minimum atomic E-state index is -3.70. The number of nitrogens with two attached hydrogens (primary N) is 1. The van der Waals surface area contributed by atoms with Gasteiger partial charge in [0.05, 0.1) is 10.6 Å². The van der Waals surface area contributed by atoms with Gasteiger partial charge < -0.3 is 5.73 Å². The Labute approximate surface area is 144 Å². The largest absolute Gasteiger partial charge is 0.329 e. The monoisotopic (exact) mass is 375 g/mol. The van der Waals surface area contributed by atoms with E-state index in [1.54, 1.807) is 18.2 Å². The molecule has 1 aliphatic carbocycles. The zero-order valence-corrected chi connectivity index (χ0v) is 15.2. The van der Waals surface area contributed by atoms with Gasteiger partial charge in [-0.2, -0.15) is 0 Å². The summed E-state index contributed by atoms with van der Waals surface area (Å²) in [5, 5.41) is 0. The van der Waals surface area contributed by atoms with Crippen molar-refractivity contribution in [1.29, 1.82) is 0 Å². The number of sulfonamides is 2. The second kappa shape index (κ2) is 8.39. The number of hydrogen-bond donors (Lipinski definition) is 3. The van der Waals surface area contributed by atoms with Crippen LogP contribution in [0.5, 0.6) is 0 Å². The van der Waals surface area contributed by atoms with Crippen LogP contribution in [0.15, 0.2) is 35.2 Å². The van der Waals surface area contributed by atoms with Gasteiger partial charge in [-0.15, -0.1) is 0 Å². The number of rotatable bonds is 9. The molecule has 1 fully saturated rings. The summed E-state index contributed by atoms with van der Waals surface area (Å²) in [6.07, 6.45) is 4.15. The van der Waals surface area contributed by atoms with Crippen LogP contribution in [0, 0.1) is 5.92 Å². The highest BCUT2D eigenvalue weighted by molar-refractivity contribution is 7.90. The second-order valence-electron chi connectivity index (χ2n) is 6.03. The van der Waals surface area contributed by atoms with Crippen LogP contribution in [0.2, 0.25) is 0 Å². The van der Waals surface area contributed by atoms with E-state index in [0.717, 1.165) is 25.7 Å². The molecular formula is C15H25N3O4S2. The quantitative estimate of drug-likeness (QED) is 0.577. The van der Waals surface area contributed by atoms with Crippen LogP contribution in [-0.4, -0.2) is 41.7 Å². The molecule has 0 aromatic heterocycles. The van der Waals surface area contributed by atoms with Crippen molar-refractivity contribution in [1.82, 2.24) is 9.44 Å². The van der Waals surface area contributed by atoms with Crippen molar-refractivity contribution in [2.75, 3.05) is 18.8 Å². The summed E-state index contributed by atoms with van der Waals surface area (Å²) in [6, 6.07) is 7.58. The maximum Gasteiger partial charge on any atom is 0.240 e. The van der Waals surface area contributed by atoms with E-state index in [4.69, 9.17) is 5.73 Å². The van der Waals surface area contributed by atoms with Crippen molar-refractivity contribution in [3.05, 3.63) is 30.3 Å². The molecule has 0 bridgehead atoms. The van der Waals surface area contributed by atoms with Crippen LogP contribution in [0.25, 0.3) is 0 Å². The fourth-order valence-electron chi connectivity index (χ4n) is 2.98. The molecule has 0 aliphatic heterocycles. The maximum absolute atomic E-state index is 12.2. The molecule has 7 nitrogen and oxygen atoms in total. The van der Waals surface area contributed by atoms with Gasteiger partial charge in [-0.3, -0.25) is 0 Å². The topological polar surface area (TPSA) is 118 Å². The van der Waals surface area contributed by atoms with E-state index in [1.165, 1.54) is 12.1 Å². The Hall–Kier alpha value is -1.00. The summed E-state index contributed by atoms with van der Waals surface area (Å²) in [5.41, 5.74) is 5.70. The molecule has 4 N–H and O–H groups in total. The van der Waals surface area contributed by atoms with Crippen LogP contribution in [0.1, 0.15) is 25.7 Å². The molecule has 1 aromatic carbocycles. The molecule has 24 heavy (non-hydrogen) atoms. The predicted molar refractivity (Wildman–Crippen MR) is 93.4 cm³/mol. The van der Waals surface area contributed by atoms with Crippen molar-refractivity contribution in [3.8, 4) is 0 Å². The minimum absolute atomic E-state index is 0.112. The standard InChI is InChI=1S/C15H25N3O4S2/c16-12-15(13-6-4-5-7-13)18-23(19,20)11-10-17-24(21,22)14-8-2-1-3-9-14/h1-3,8-9,13,15,17-18H,4-7,10-12,16H2. The van der Waals surface area contributed by atoms with Gasteiger partial charge in [0.2, 0.25) is 20.0 Å². The smallest absolute Gasteiger partial charge is 0.240 e. The summed E-state index contributed by atoms with van der Waals surface area (Å²) >= 11 is 0. The first kappa shape index (κ1) is 19.3. The molecule has 1 saturated carbocycles. The lowest BCUT2D eigenvalue weighted by Crippen LogP contribution is -2.46. The number of hydrogen-bond acceptors (Lipinski definition) is 5. The molecule has 1 aliphatic rings. The lowest BCUT2D eigenvalue weighted by Gasteiger charge is -2.23. The summed E-state index contributed by atoms with van der Waals surface area (Å²) in [4.78, 5) is 0.112. The van der Waals surface area contributed by atoms with Crippen LogP contribution >= 0.6 is 0 Å². The second-order valence-corrected chi connectivity index (χ2v) is 9.67. The van der Waals surface area contributed by atoms with Crippen molar-refractivity contribution in [2.45, 2.75) is 36.6 Å². The lowest BCUT2D eigenvalue weighted by molar-refractivity contribution is 0.405. The van der Waals surface area contributed by atoms with Gasteiger partial charge in [0, 0.05) is 19.1 Å². The molecule has 0 radical (unpaired) electrons. The molecule has 0 amide bonds. The van der Waals surface area contributed by atoms with E-state index in [0.29, 0.717) is 0 Å². The molecule has 1 aromatic rings. The zero-order valence-electron chi connectivity index (χ0n) is 13.5. The minimum Gasteiger partial charge on any atom is -0.329 e. The maximum atomic E-state index is 12.2. The molecule has 1 atom stereocenters. The van der Waals surface area contributed by atoms with E-state index in [9.17, 15) is 16.8 Å². The highest BCUT2D eigenvalue weighted by atomic mass is 32.2. The zero-order chi connectivity index (χ0) is 17.6. The molecule has 2 rings (SSSR count). The van der Waals surface area contributed by atoms with Gasteiger partial charge in [-0.1, -0.05) is 31.0 Å². The van der Waals surface area contributed by atoms with Gasteiger partial charge in [-0.05, 0) is 30.9 Å². The van der Waals surface area contributed by atoms with Gasteiger partial charge in [-0.25, -0.2) is 26.3 Å². The Balaban J connectivity index is 1.88. The van der Waals surface area contributed by atoms with Gasteiger partial charge >= 0.3 is 0 Å². The predicted octanol–water partition coefficient (Wildman–Crippen LogP) is 0.402. The van der Waals surface area contributed by atoms with E-state index < -0.39 is 20.0 Å². The third kappa shape index (κ3) is 5.52. The van der Waals surface area contributed by atoms with Crippen molar-refractivity contribution >= 4 is 20.0 Å². The van der Waals surface area contributed by atoms with Gasteiger partial charge in [0.15, 0.2) is 0 Å². The Morgan fingerprint density at radius 2 is 1.71 bits per heavy atom. The Morgan fingerprint density at radius 1 is 1.08 bits per heavy atom. The van der Waals surface area contributed by atoms with E-state index >= 15 is 0 Å². The van der Waals surface area contributed by atoms with Crippen LogP contribution in [0.4, 0.5) is 0 Å². The van der Waals surface area contributed by atoms with Gasteiger partial charge in [0.1, 0.15) is 0 Å². The van der Waals surface area contributed by atoms with Gasteiger partial charge in [0.25, 0.3) is 0 Å². The molecule has 136 valence electrons. The third-order valence-electron chi connectivity index (χ3n) is 4.27. The first-order valence-electron chi connectivity index (χ1n) is 8.09. The summed E-state index contributed by atoms with van der Waals surface area (Å²) < 4.78 is 53.4. The third-order valence-corrected chi connectivity index (χ3v) is 7.15. The summed E-state index contributed by atoms with van der Waals surface area (Å²) in [5.74, 6) is -0.0479. The number of nitrogens with one attached hydrogen (secondary N) is 2. The first-order valence-corrected chi connectivity index (χ1v) is 11.2. The molecule has 1 unspecified atom stereocenters. The Morgan fingerprint density at radius 3 is 2.29 bits per heavy atom. The molecular weight excluding hydrogens is 350 g/mol. The summed E-state index contributed by atoms with van der Waals surface area (Å²) in [6.45, 7) is 0.0636. The van der Waals surface area contributed by atoms with Crippen molar-refractivity contribution in [3.63, 3.8) is 0 Å². The lowest BCUT2D eigenvalue weighted by atomic mass is 9.99. The fourth-order valence-corrected chi connectivity index (χ4v) is 5.40. The average Bonchev–Trinajstić information content (AvgIpc) is 3.07. The SMILES string of the molecule is NCC(NS(=O)(=O)CCNS(=O)(=O)c1ccccc1)C1CCCC1. The van der Waals surface area contributed by atoms with Crippen LogP contribution in [-0.2, 0) is 20.0 Å². The normalized spacial score (nSPS) is 17.9. The van der Waals surface area contributed by atoms with Crippen molar-refractivity contribution < 1.29 is 16.8 Å².